The van der Waals surface area contributed by atoms with Crippen LogP contribution in [0.3, 0.4) is 0 Å². The maximum Gasteiger partial charge on any atom is 0.313 e. The molecule has 0 radical (unpaired) electrons. The molecule has 3 rings (SSSR count). The van der Waals surface area contributed by atoms with Gasteiger partial charge >= 0.3 is 11.8 Å². The van der Waals surface area contributed by atoms with Crippen molar-refractivity contribution >= 4 is 23.4 Å². The highest BCUT2D eigenvalue weighted by molar-refractivity contribution is 6.39. The average Bonchev–Trinajstić information content (AvgIpc) is 2.73. The summed E-state index contributed by atoms with van der Waals surface area (Å²) in [7, 11) is 1.36. The summed E-state index contributed by atoms with van der Waals surface area (Å²) in [5.74, 6) is -1.80. The molecule has 3 amide bonds. The first-order chi connectivity index (χ1) is 13.9. The van der Waals surface area contributed by atoms with Gasteiger partial charge in [0.15, 0.2) is 0 Å². The van der Waals surface area contributed by atoms with Crippen LogP contribution < -0.4 is 15.8 Å². The maximum absolute atomic E-state index is 13.0. The minimum absolute atomic E-state index is 0.0199. The zero-order valence-corrected chi connectivity index (χ0v) is 16.4. The van der Waals surface area contributed by atoms with Gasteiger partial charge in [-0.3, -0.25) is 14.4 Å². The highest BCUT2D eigenvalue weighted by Crippen LogP contribution is 2.33. The van der Waals surface area contributed by atoms with Gasteiger partial charge < -0.3 is 20.7 Å². The van der Waals surface area contributed by atoms with E-state index in [0.717, 1.165) is 18.4 Å². The normalized spacial score (nSPS) is 18.8. The number of benzene rings is 1. The second kappa shape index (κ2) is 8.72. The van der Waals surface area contributed by atoms with Crippen molar-refractivity contribution in [2.24, 2.45) is 11.7 Å². The molecule has 3 N–H and O–H groups in total. The highest BCUT2D eigenvalue weighted by atomic mass is 16.5. The standard InChI is InChI=1S/C21H24N4O4/c1-13-8-9-17(14-6-4-3-5-7-14)25(12-13)21(28)19(27)24-15-10-16(18(22)26)20(29-2)23-11-15/h3-7,10-11,13,17H,8-9,12H2,1-2H3,(H2,22,26)(H,24,27)/t13-,17+/m1/s1. The topological polar surface area (TPSA) is 115 Å². The molecule has 152 valence electrons. The van der Waals surface area contributed by atoms with E-state index in [1.54, 1.807) is 4.90 Å². The fourth-order valence-corrected chi connectivity index (χ4v) is 3.57. The molecule has 1 aliphatic heterocycles. The van der Waals surface area contributed by atoms with Crippen molar-refractivity contribution in [3.05, 3.63) is 53.7 Å². The SMILES string of the molecule is COc1ncc(NC(=O)C(=O)N2C[C@H](C)CC[C@H]2c2ccccc2)cc1C(N)=O. The number of anilines is 1. The number of piperidine rings is 1. The van der Waals surface area contributed by atoms with Crippen LogP contribution in [0.2, 0.25) is 0 Å². The fraction of sp³-hybridized carbons (Fsp3) is 0.333. The van der Waals surface area contributed by atoms with Crippen molar-refractivity contribution in [1.82, 2.24) is 9.88 Å². The lowest BCUT2D eigenvalue weighted by molar-refractivity contribution is -0.146. The zero-order chi connectivity index (χ0) is 21.0. The number of nitrogens with zero attached hydrogens (tertiary/aromatic N) is 2. The highest BCUT2D eigenvalue weighted by Gasteiger charge is 2.34. The molecule has 1 fully saturated rings. The first kappa shape index (κ1) is 20.3. The number of methoxy groups -OCH3 is 1. The van der Waals surface area contributed by atoms with E-state index >= 15 is 0 Å². The van der Waals surface area contributed by atoms with Crippen molar-refractivity contribution in [2.45, 2.75) is 25.8 Å². The van der Waals surface area contributed by atoms with E-state index in [1.165, 1.54) is 19.4 Å². The van der Waals surface area contributed by atoms with Crippen molar-refractivity contribution < 1.29 is 19.1 Å². The van der Waals surface area contributed by atoms with E-state index in [1.807, 2.05) is 30.3 Å². The number of likely N-dealkylation sites (tertiary alicyclic amines) is 1. The molecule has 0 saturated carbocycles. The Labute approximate surface area is 169 Å². The minimum Gasteiger partial charge on any atom is -0.480 e. The number of aromatic nitrogens is 1. The van der Waals surface area contributed by atoms with E-state index < -0.39 is 17.7 Å². The molecule has 2 heterocycles. The Balaban J connectivity index is 1.80. The molecule has 1 saturated heterocycles. The molecule has 1 aliphatic rings. The number of hydrogen-bond acceptors (Lipinski definition) is 5. The molecule has 2 aromatic rings. The van der Waals surface area contributed by atoms with Crippen molar-refractivity contribution in [3.8, 4) is 5.88 Å². The lowest BCUT2D eigenvalue weighted by atomic mass is 9.90. The largest absolute Gasteiger partial charge is 0.480 e. The summed E-state index contributed by atoms with van der Waals surface area (Å²) >= 11 is 0. The van der Waals surface area contributed by atoms with Gasteiger partial charge in [0, 0.05) is 6.54 Å². The second-order valence-corrected chi connectivity index (χ2v) is 7.17. The minimum atomic E-state index is -0.789. The third-order valence-electron chi connectivity index (χ3n) is 5.02. The number of amides is 3. The third kappa shape index (κ3) is 4.53. The average molecular weight is 396 g/mol. The van der Waals surface area contributed by atoms with Crippen LogP contribution in [0.15, 0.2) is 42.6 Å². The Bertz CT molecular complexity index is 916. The Morgan fingerprint density at radius 3 is 2.59 bits per heavy atom. The van der Waals surface area contributed by atoms with Gasteiger partial charge in [-0.2, -0.15) is 0 Å². The van der Waals surface area contributed by atoms with Gasteiger partial charge in [0.1, 0.15) is 5.56 Å². The van der Waals surface area contributed by atoms with Crippen LogP contribution >= 0.6 is 0 Å². The van der Waals surface area contributed by atoms with E-state index in [2.05, 4.69) is 17.2 Å². The number of hydrogen-bond donors (Lipinski definition) is 2. The number of carbonyl (C=O) groups excluding carboxylic acids is 3. The van der Waals surface area contributed by atoms with Crippen LogP contribution in [0.4, 0.5) is 5.69 Å². The molecular weight excluding hydrogens is 372 g/mol. The Morgan fingerprint density at radius 2 is 1.93 bits per heavy atom. The molecule has 29 heavy (non-hydrogen) atoms. The molecule has 8 nitrogen and oxygen atoms in total. The Kier molecular flexibility index (Phi) is 6.11. The van der Waals surface area contributed by atoms with Crippen LogP contribution in [0.25, 0.3) is 0 Å². The van der Waals surface area contributed by atoms with E-state index in [4.69, 9.17) is 10.5 Å². The summed E-state index contributed by atoms with van der Waals surface area (Å²) in [6.07, 6.45) is 3.08. The summed E-state index contributed by atoms with van der Waals surface area (Å²) in [5.41, 5.74) is 6.53. The molecule has 0 spiro atoms. The van der Waals surface area contributed by atoms with Crippen LogP contribution in [0, 0.1) is 5.92 Å². The number of pyridine rings is 1. The van der Waals surface area contributed by atoms with Crippen LogP contribution in [-0.4, -0.2) is 41.3 Å². The number of primary amides is 1. The molecule has 2 atom stereocenters. The Morgan fingerprint density at radius 1 is 1.21 bits per heavy atom. The predicted molar refractivity (Wildman–Crippen MR) is 107 cm³/mol. The second-order valence-electron chi connectivity index (χ2n) is 7.17. The van der Waals surface area contributed by atoms with Gasteiger partial charge in [0.2, 0.25) is 5.88 Å². The maximum atomic E-state index is 13.0. The lowest BCUT2D eigenvalue weighted by Crippen LogP contribution is -2.46. The van der Waals surface area contributed by atoms with Crippen molar-refractivity contribution in [2.75, 3.05) is 19.0 Å². The first-order valence-electron chi connectivity index (χ1n) is 9.41. The Hall–Kier alpha value is -3.42. The van der Waals surface area contributed by atoms with E-state index in [-0.39, 0.29) is 23.2 Å². The number of nitrogens with one attached hydrogen (secondary N) is 1. The summed E-state index contributed by atoms with van der Waals surface area (Å²) < 4.78 is 4.98. The smallest absolute Gasteiger partial charge is 0.313 e. The predicted octanol–water partition coefficient (Wildman–Crippen LogP) is 2.13. The van der Waals surface area contributed by atoms with Gasteiger partial charge in [0.05, 0.1) is 25.0 Å². The molecule has 1 aromatic carbocycles. The van der Waals surface area contributed by atoms with E-state index in [0.29, 0.717) is 12.5 Å². The van der Waals surface area contributed by atoms with Crippen LogP contribution in [-0.2, 0) is 9.59 Å². The van der Waals surface area contributed by atoms with Gasteiger partial charge in [-0.25, -0.2) is 4.98 Å². The van der Waals surface area contributed by atoms with Crippen LogP contribution in [0.1, 0.15) is 41.7 Å². The molecule has 0 unspecified atom stereocenters. The monoisotopic (exact) mass is 396 g/mol. The van der Waals surface area contributed by atoms with Gasteiger partial charge in [-0.15, -0.1) is 0 Å². The number of rotatable bonds is 4. The lowest BCUT2D eigenvalue weighted by Gasteiger charge is -2.38. The van der Waals surface area contributed by atoms with Gasteiger partial charge in [-0.1, -0.05) is 37.3 Å². The molecule has 0 aliphatic carbocycles. The summed E-state index contributed by atoms with van der Waals surface area (Å²) in [5, 5.41) is 2.52. The number of ether oxygens (including phenoxy) is 1. The summed E-state index contributed by atoms with van der Waals surface area (Å²) in [6, 6.07) is 10.9. The number of nitrogens with two attached hydrogens (primary N) is 1. The summed E-state index contributed by atoms with van der Waals surface area (Å²) in [4.78, 5) is 42.7. The van der Waals surface area contributed by atoms with Gasteiger partial charge in [0.25, 0.3) is 5.91 Å². The molecule has 1 aromatic heterocycles. The molecule has 0 bridgehead atoms. The first-order valence-corrected chi connectivity index (χ1v) is 9.41. The summed E-state index contributed by atoms with van der Waals surface area (Å²) in [6.45, 7) is 2.56. The fourth-order valence-electron chi connectivity index (χ4n) is 3.57. The van der Waals surface area contributed by atoms with Crippen molar-refractivity contribution in [3.63, 3.8) is 0 Å². The molecule has 8 heteroatoms. The molecular formula is C21H24N4O4. The van der Waals surface area contributed by atoms with Crippen molar-refractivity contribution in [1.29, 1.82) is 0 Å². The van der Waals surface area contributed by atoms with E-state index in [9.17, 15) is 14.4 Å². The van der Waals surface area contributed by atoms with Gasteiger partial charge in [-0.05, 0) is 30.4 Å². The quantitative estimate of drug-likeness (QED) is 0.769. The van der Waals surface area contributed by atoms with Crippen LogP contribution in [0.5, 0.6) is 5.88 Å². The zero-order valence-electron chi connectivity index (χ0n) is 16.4. The number of carbonyl (C=O) groups is 3. The third-order valence-corrected chi connectivity index (χ3v) is 5.02.